The van der Waals surface area contributed by atoms with Crippen molar-refractivity contribution in [1.82, 2.24) is 14.9 Å². The largest absolute Gasteiger partial charge is 0.331 e. The molecule has 3 rings (SSSR count). The van der Waals surface area contributed by atoms with Crippen LogP contribution in [0.25, 0.3) is 11.0 Å². The number of rotatable bonds is 2. The molecule has 1 aromatic carbocycles. The highest BCUT2D eigenvalue weighted by atomic mass is 15.1. The van der Waals surface area contributed by atoms with E-state index in [1.165, 1.54) is 24.2 Å². The second-order valence-electron chi connectivity index (χ2n) is 5.53. The highest BCUT2D eigenvalue weighted by molar-refractivity contribution is 5.75. The molecular weight excluding hydrogens is 222 g/mol. The van der Waals surface area contributed by atoms with Crippen LogP contribution in [0.4, 0.5) is 0 Å². The Labute approximate surface area is 108 Å². The van der Waals surface area contributed by atoms with Crippen LogP contribution in [0.15, 0.2) is 24.3 Å². The summed E-state index contributed by atoms with van der Waals surface area (Å²) in [4.78, 5) is 4.77. The molecule has 18 heavy (non-hydrogen) atoms. The molecule has 2 atom stereocenters. The minimum absolute atomic E-state index is 0.651. The Morgan fingerprint density at radius 1 is 1.39 bits per heavy atom. The van der Waals surface area contributed by atoms with Crippen molar-refractivity contribution in [3.05, 3.63) is 30.1 Å². The van der Waals surface area contributed by atoms with E-state index in [9.17, 15) is 0 Å². The van der Waals surface area contributed by atoms with E-state index in [0.717, 1.165) is 24.4 Å². The van der Waals surface area contributed by atoms with Crippen LogP contribution in [-0.2, 0) is 13.5 Å². The Balaban J connectivity index is 1.84. The monoisotopic (exact) mass is 243 g/mol. The number of aromatic nitrogens is 2. The van der Waals surface area contributed by atoms with Crippen molar-refractivity contribution < 1.29 is 0 Å². The number of benzene rings is 1. The van der Waals surface area contributed by atoms with Gasteiger partial charge in [-0.1, -0.05) is 12.1 Å². The van der Waals surface area contributed by atoms with Gasteiger partial charge >= 0.3 is 0 Å². The summed E-state index contributed by atoms with van der Waals surface area (Å²) in [5.74, 6) is 2.01. The summed E-state index contributed by atoms with van der Waals surface area (Å²) in [6.45, 7) is 3.43. The number of hydrogen-bond acceptors (Lipinski definition) is 2. The molecule has 0 radical (unpaired) electrons. The van der Waals surface area contributed by atoms with Crippen molar-refractivity contribution in [3.8, 4) is 0 Å². The van der Waals surface area contributed by atoms with Gasteiger partial charge in [0.25, 0.3) is 0 Å². The molecule has 0 saturated carbocycles. The van der Waals surface area contributed by atoms with Crippen LogP contribution in [0, 0.1) is 5.92 Å². The van der Waals surface area contributed by atoms with Gasteiger partial charge in [0.2, 0.25) is 0 Å². The van der Waals surface area contributed by atoms with E-state index in [-0.39, 0.29) is 0 Å². The van der Waals surface area contributed by atoms with E-state index in [2.05, 4.69) is 48.1 Å². The van der Waals surface area contributed by atoms with Crippen molar-refractivity contribution in [2.75, 3.05) is 6.54 Å². The number of hydrogen-bond donors (Lipinski definition) is 1. The molecule has 1 aliphatic rings. The molecular formula is C15H21N3. The van der Waals surface area contributed by atoms with Crippen LogP contribution >= 0.6 is 0 Å². The molecule has 1 saturated heterocycles. The molecule has 96 valence electrons. The normalized spacial score (nSPS) is 24.6. The molecule has 1 aliphatic heterocycles. The fourth-order valence-electron chi connectivity index (χ4n) is 3.06. The van der Waals surface area contributed by atoms with Crippen molar-refractivity contribution in [2.24, 2.45) is 13.0 Å². The summed E-state index contributed by atoms with van der Waals surface area (Å²) < 4.78 is 2.25. The molecule has 3 heteroatoms. The van der Waals surface area contributed by atoms with Crippen LogP contribution in [0.2, 0.25) is 0 Å². The lowest BCUT2D eigenvalue weighted by molar-refractivity contribution is 0.309. The molecule has 2 unspecified atom stereocenters. The van der Waals surface area contributed by atoms with Gasteiger partial charge in [-0.2, -0.15) is 0 Å². The lowest BCUT2D eigenvalue weighted by Gasteiger charge is -2.27. The standard InChI is InChI=1S/C15H21N3/c1-11-9-12(7-8-16-11)10-15-17-13-5-3-4-6-14(13)18(15)2/h3-6,11-12,16H,7-10H2,1-2H3. The van der Waals surface area contributed by atoms with E-state index in [1.807, 2.05) is 0 Å². The maximum Gasteiger partial charge on any atom is 0.109 e. The fraction of sp³-hybridized carbons (Fsp3) is 0.533. The van der Waals surface area contributed by atoms with E-state index in [1.54, 1.807) is 0 Å². The zero-order valence-electron chi connectivity index (χ0n) is 11.2. The third kappa shape index (κ3) is 2.15. The lowest BCUT2D eigenvalue weighted by atomic mass is 9.90. The van der Waals surface area contributed by atoms with Crippen molar-refractivity contribution in [3.63, 3.8) is 0 Å². The van der Waals surface area contributed by atoms with Gasteiger partial charge in [-0.25, -0.2) is 4.98 Å². The zero-order valence-corrected chi connectivity index (χ0v) is 11.2. The maximum atomic E-state index is 4.77. The van der Waals surface area contributed by atoms with Gasteiger partial charge in [0.15, 0.2) is 0 Å². The number of para-hydroxylation sites is 2. The lowest BCUT2D eigenvalue weighted by Crippen LogP contribution is -2.36. The molecule has 0 spiro atoms. The number of imidazole rings is 1. The number of aryl methyl sites for hydroxylation is 1. The Morgan fingerprint density at radius 3 is 3.00 bits per heavy atom. The highest BCUT2D eigenvalue weighted by Gasteiger charge is 2.20. The summed E-state index contributed by atoms with van der Waals surface area (Å²) in [5.41, 5.74) is 2.37. The number of fused-ring (bicyclic) bond motifs is 1. The summed E-state index contributed by atoms with van der Waals surface area (Å²) >= 11 is 0. The minimum Gasteiger partial charge on any atom is -0.331 e. The molecule has 0 aliphatic carbocycles. The van der Waals surface area contributed by atoms with Gasteiger partial charge in [-0.05, 0) is 44.4 Å². The van der Waals surface area contributed by atoms with Crippen LogP contribution < -0.4 is 5.32 Å². The van der Waals surface area contributed by atoms with E-state index in [0.29, 0.717) is 6.04 Å². The minimum atomic E-state index is 0.651. The molecule has 2 aromatic rings. The van der Waals surface area contributed by atoms with Gasteiger partial charge in [0.1, 0.15) is 5.82 Å². The number of piperidine rings is 1. The second-order valence-corrected chi connectivity index (χ2v) is 5.53. The van der Waals surface area contributed by atoms with Gasteiger partial charge < -0.3 is 9.88 Å². The Hall–Kier alpha value is -1.35. The van der Waals surface area contributed by atoms with E-state index >= 15 is 0 Å². The third-order valence-electron chi connectivity index (χ3n) is 4.08. The third-order valence-corrected chi connectivity index (χ3v) is 4.08. The summed E-state index contributed by atoms with van der Waals surface area (Å²) in [7, 11) is 2.13. The predicted molar refractivity (Wildman–Crippen MR) is 74.6 cm³/mol. The quantitative estimate of drug-likeness (QED) is 0.878. The predicted octanol–water partition coefficient (Wildman–Crippen LogP) is 2.50. The van der Waals surface area contributed by atoms with Crippen LogP contribution in [0.1, 0.15) is 25.6 Å². The Kier molecular flexibility index (Phi) is 3.08. The second kappa shape index (κ2) is 4.73. The van der Waals surface area contributed by atoms with Gasteiger partial charge in [-0.3, -0.25) is 0 Å². The molecule has 2 heterocycles. The average molecular weight is 243 g/mol. The first-order valence-corrected chi connectivity index (χ1v) is 6.88. The molecule has 1 N–H and O–H groups in total. The van der Waals surface area contributed by atoms with Gasteiger partial charge in [-0.15, -0.1) is 0 Å². The maximum absolute atomic E-state index is 4.77. The number of nitrogens with one attached hydrogen (secondary N) is 1. The highest BCUT2D eigenvalue weighted by Crippen LogP contribution is 2.22. The molecule has 0 bridgehead atoms. The molecule has 1 aromatic heterocycles. The number of nitrogens with zero attached hydrogens (tertiary/aromatic N) is 2. The average Bonchev–Trinajstić information content (AvgIpc) is 2.67. The van der Waals surface area contributed by atoms with Gasteiger partial charge in [0, 0.05) is 19.5 Å². The fourth-order valence-corrected chi connectivity index (χ4v) is 3.06. The summed E-state index contributed by atoms with van der Waals surface area (Å²) in [5, 5.41) is 3.51. The van der Waals surface area contributed by atoms with E-state index < -0.39 is 0 Å². The molecule has 3 nitrogen and oxygen atoms in total. The van der Waals surface area contributed by atoms with E-state index in [4.69, 9.17) is 4.98 Å². The van der Waals surface area contributed by atoms with Gasteiger partial charge in [0.05, 0.1) is 11.0 Å². The topological polar surface area (TPSA) is 29.9 Å². The SMILES string of the molecule is CC1CC(Cc2nc3ccccc3n2C)CCN1. The van der Waals surface area contributed by atoms with Crippen molar-refractivity contribution in [2.45, 2.75) is 32.2 Å². The summed E-state index contributed by atoms with van der Waals surface area (Å²) in [6, 6.07) is 9.05. The molecule has 1 fully saturated rings. The van der Waals surface area contributed by atoms with Crippen molar-refractivity contribution >= 4 is 11.0 Å². The Morgan fingerprint density at radius 2 is 2.22 bits per heavy atom. The smallest absolute Gasteiger partial charge is 0.109 e. The first-order valence-electron chi connectivity index (χ1n) is 6.88. The van der Waals surface area contributed by atoms with Crippen molar-refractivity contribution in [1.29, 1.82) is 0 Å². The van der Waals surface area contributed by atoms with Crippen LogP contribution in [-0.4, -0.2) is 22.1 Å². The zero-order chi connectivity index (χ0) is 12.5. The van der Waals surface area contributed by atoms with Crippen LogP contribution in [0.5, 0.6) is 0 Å². The summed E-state index contributed by atoms with van der Waals surface area (Å²) in [6.07, 6.45) is 3.65. The Bertz CT molecular complexity index is 544. The first kappa shape index (κ1) is 11.7. The first-order chi connectivity index (χ1) is 8.74. The molecule has 0 amide bonds. The van der Waals surface area contributed by atoms with Crippen LogP contribution in [0.3, 0.4) is 0 Å².